The van der Waals surface area contributed by atoms with Gasteiger partial charge in [-0.15, -0.1) is 0 Å². The Kier molecular flexibility index (Phi) is 5.29. The predicted octanol–water partition coefficient (Wildman–Crippen LogP) is 3.20. The fourth-order valence-corrected chi connectivity index (χ4v) is 2.24. The lowest BCUT2D eigenvalue weighted by molar-refractivity contribution is -0.139. The van der Waals surface area contributed by atoms with Crippen molar-refractivity contribution in [2.45, 2.75) is 32.8 Å². The smallest absolute Gasteiger partial charge is 0.343 e. The molecule has 2 aromatic rings. The molecule has 0 radical (unpaired) electrons. The summed E-state index contributed by atoms with van der Waals surface area (Å²) in [5, 5.41) is 4.31. The van der Waals surface area contributed by atoms with E-state index in [1.807, 2.05) is 0 Å². The third-order valence-corrected chi connectivity index (χ3v) is 3.45. The highest BCUT2D eigenvalue weighted by Crippen LogP contribution is 2.23. The molecule has 128 valence electrons. The first-order chi connectivity index (χ1) is 11.2. The van der Waals surface area contributed by atoms with Crippen LogP contribution in [0.15, 0.2) is 30.5 Å². The lowest BCUT2D eigenvalue weighted by Crippen LogP contribution is -2.23. The maximum Gasteiger partial charge on any atom is 0.343 e. The summed E-state index contributed by atoms with van der Waals surface area (Å²) in [7, 11) is 1.35. The zero-order valence-electron chi connectivity index (χ0n) is 14.0. The number of aromatic nitrogens is 2. The second kappa shape index (κ2) is 7.05. The van der Waals surface area contributed by atoms with Gasteiger partial charge in [0.1, 0.15) is 16.3 Å². The van der Waals surface area contributed by atoms with Crippen LogP contribution >= 0.6 is 11.6 Å². The van der Waals surface area contributed by atoms with Crippen molar-refractivity contribution in [3.8, 4) is 5.69 Å². The summed E-state index contributed by atoms with van der Waals surface area (Å²) in [5.74, 6) is -0.840. The highest BCUT2D eigenvalue weighted by molar-refractivity contribution is 6.32. The molecule has 0 aliphatic heterocycles. The molecule has 0 aliphatic rings. The first-order valence-electron chi connectivity index (χ1n) is 7.34. The molecule has 7 heteroatoms. The van der Waals surface area contributed by atoms with Crippen LogP contribution in [0.25, 0.3) is 5.69 Å². The van der Waals surface area contributed by atoms with Gasteiger partial charge in [0.25, 0.3) is 0 Å². The van der Waals surface area contributed by atoms with Crippen molar-refractivity contribution in [2.24, 2.45) is 0 Å². The van der Waals surface area contributed by atoms with Crippen LogP contribution < -0.4 is 0 Å². The number of nitrogens with zero attached hydrogens (tertiary/aromatic N) is 2. The number of carbonyl (C=O) groups is 2. The van der Waals surface area contributed by atoms with E-state index in [0.717, 1.165) is 5.56 Å². The summed E-state index contributed by atoms with van der Waals surface area (Å²) in [6.45, 7) is 5.34. The van der Waals surface area contributed by atoms with Crippen molar-refractivity contribution in [1.29, 1.82) is 0 Å². The van der Waals surface area contributed by atoms with Crippen molar-refractivity contribution in [3.63, 3.8) is 0 Å². The Hall–Kier alpha value is -2.34. The van der Waals surface area contributed by atoms with Crippen molar-refractivity contribution in [2.75, 3.05) is 7.11 Å². The number of methoxy groups -OCH3 is 1. The van der Waals surface area contributed by atoms with Crippen molar-refractivity contribution in [1.82, 2.24) is 9.78 Å². The van der Waals surface area contributed by atoms with Crippen molar-refractivity contribution in [3.05, 3.63) is 46.7 Å². The number of hydrogen-bond donors (Lipinski definition) is 0. The second-order valence-electron chi connectivity index (χ2n) is 6.18. The third kappa shape index (κ3) is 4.35. The molecule has 24 heavy (non-hydrogen) atoms. The van der Waals surface area contributed by atoms with Crippen LogP contribution in [0.1, 0.15) is 36.7 Å². The second-order valence-corrected chi connectivity index (χ2v) is 6.54. The Morgan fingerprint density at radius 3 is 2.38 bits per heavy atom. The van der Waals surface area contributed by atoms with Gasteiger partial charge in [-0.1, -0.05) is 23.7 Å². The van der Waals surface area contributed by atoms with E-state index < -0.39 is 11.6 Å². The first-order valence-corrected chi connectivity index (χ1v) is 7.72. The Labute approximate surface area is 145 Å². The summed E-state index contributed by atoms with van der Waals surface area (Å²) in [6.07, 6.45) is 1.56. The van der Waals surface area contributed by atoms with Gasteiger partial charge in [0.15, 0.2) is 0 Å². The first kappa shape index (κ1) is 18.0. The fraction of sp³-hybridized carbons (Fsp3) is 0.353. The lowest BCUT2D eigenvalue weighted by Gasteiger charge is -2.18. The fourth-order valence-electron chi connectivity index (χ4n) is 1.98. The van der Waals surface area contributed by atoms with Crippen molar-refractivity contribution < 1.29 is 19.1 Å². The zero-order chi connectivity index (χ0) is 17.9. The van der Waals surface area contributed by atoms with Crippen LogP contribution in [-0.4, -0.2) is 34.4 Å². The standard InChI is InChI=1S/C17H19ClN2O4/c1-17(2,3)24-16(22)13-10-19-20(15(13)18)12-7-5-11(6-8-12)9-14(21)23-4/h5-8,10H,9H2,1-4H3. The molecule has 0 spiro atoms. The van der Waals surface area contributed by atoms with E-state index in [9.17, 15) is 9.59 Å². The van der Waals surface area contributed by atoms with Crippen LogP contribution in [0, 0.1) is 0 Å². The molecular weight excluding hydrogens is 332 g/mol. The molecule has 0 aliphatic carbocycles. The molecule has 2 rings (SSSR count). The van der Waals surface area contributed by atoms with Gasteiger partial charge >= 0.3 is 11.9 Å². The molecule has 0 bridgehead atoms. The van der Waals surface area contributed by atoms with Gasteiger partial charge in [0, 0.05) is 0 Å². The molecule has 0 saturated heterocycles. The van der Waals surface area contributed by atoms with E-state index in [1.165, 1.54) is 18.0 Å². The number of carbonyl (C=O) groups excluding carboxylic acids is 2. The number of halogens is 1. The summed E-state index contributed by atoms with van der Waals surface area (Å²) < 4.78 is 11.4. The maximum atomic E-state index is 12.1. The molecule has 0 fully saturated rings. The summed E-state index contributed by atoms with van der Waals surface area (Å²) >= 11 is 6.25. The molecule has 0 amide bonds. The monoisotopic (exact) mass is 350 g/mol. The lowest BCUT2D eigenvalue weighted by atomic mass is 10.1. The highest BCUT2D eigenvalue weighted by atomic mass is 35.5. The molecule has 0 atom stereocenters. The predicted molar refractivity (Wildman–Crippen MR) is 89.5 cm³/mol. The zero-order valence-corrected chi connectivity index (χ0v) is 14.8. The molecule has 1 aromatic carbocycles. The molecule has 6 nitrogen and oxygen atoms in total. The van der Waals surface area contributed by atoms with E-state index in [-0.39, 0.29) is 23.1 Å². The average molecular weight is 351 g/mol. The van der Waals surface area contributed by atoms with Gasteiger partial charge in [0.2, 0.25) is 0 Å². The topological polar surface area (TPSA) is 70.4 Å². The Balaban J connectivity index is 2.21. The van der Waals surface area contributed by atoms with Crippen LogP contribution in [0.5, 0.6) is 0 Å². The van der Waals surface area contributed by atoms with E-state index in [0.29, 0.717) is 5.69 Å². The quantitative estimate of drug-likeness (QED) is 0.792. The van der Waals surface area contributed by atoms with Gasteiger partial charge in [0.05, 0.1) is 25.4 Å². The average Bonchev–Trinajstić information content (AvgIpc) is 2.88. The Bertz CT molecular complexity index is 745. The van der Waals surface area contributed by atoms with Crippen molar-refractivity contribution >= 4 is 23.5 Å². The van der Waals surface area contributed by atoms with Crippen LogP contribution in [0.2, 0.25) is 5.15 Å². The van der Waals surface area contributed by atoms with Crippen LogP contribution in [0.4, 0.5) is 0 Å². The third-order valence-electron chi connectivity index (χ3n) is 3.09. The molecule has 0 unspecified atom stereocenters. The normalized spacial score (nSPS) is 11.2. The number of hydrogen-bond acceptors (Lipinski definition) is 5. The van der Waals surface area contributed by atoms with Gasteiger partial charge in [-0.25, -0.2) is 9.48 Å². The number of benzene rings is 1. The largest absolute Gasteiger partial charge is 0.469 e. The Morgan fingerprint density at radius 2 is 1.83 bits per heavy atom. The van der Waals surface area contributed by atoms with Gasteiger partial charge < -0.3 is 9.47 Å². The van der Waals surface area contributed by atoms with E-state index in [1.54, 1.807) is 45.0 Å². The van der Waals surface area contributed by atoms with Gasteiger partial charge in [-0.3, -0.25) is 4.79 Å². The molecule has 0 N–H and O–H groups in total. The summed E-state index contributed by atoms with van der Waals surface area (Å²) in [4.78, 5) is 23.4. The molecule has 1 heterocycles. The Morgan fingerprint density at radius 1 is 1.21 bits per heavy atom. The van der Waals surface area contributed by atoms with E-state index >= 15 is 0 Å². The molecule has 1 aromatic heterocycles. The van der Waals surface area contributed by atoms with Crippen LogP contribution in [0.3, 0.4) is 0 Å². The molecular formula is C17H19ClN2O4. The van der Waals surface area contributed by atoms with E-state index in [2.05, 4.69) is 9.84 Å². The summed E-state index contributed by atoms with van der Waals surface area (Å²) in [5.41, 5.74) is 1.06. The number of rotatable bonds is 4. The van der Waals surface area contributed by atoms with E-state index in [4.69, 9.17) is 16.3 Å². The highest BCUT2D eigenvalue weighted by Gasteiger charge is 2.23. The number of ether oxygens (including phenoxy) is 2. The minimum Gasteiger partial charge on any atom is -0.469 e. The minimum atomic E-state index is -0.613. The number of esters is 2. The summed E-state index contributed by atoms with van der Waals surface area (Å²) in [6, 6.07) is 7.07. The van der Waals surface area contributed by atoms with Gasteiger partial charge in [-0.05, 0) is 38.5 Å². The SMILES string of the molecule is COC(=O)Cc1ccc(-n2ncc(C(=O)OC(C)(C)C)c2Cl)cc1. The van der Waals surface area contributed by atoms with Crippen LogP contribution in [-0.2, 0) is 20.7 Å². The maximum absolute atomic E-state index is 12.1. The van der Waals surface area contributed by atoms with Gasteiger partial charge in [-0.2, -0.15) is 5.10 Å². The molecule has 0 saturated carbocycles. The minimum absolute atomic E-state index is 0.171.